The number of aryl methyl sites for hydroxylation is 2. The van der Waals surface area contributed by atoms with Gasteiger partial charge in [-0.05, 0) is 37.1 Å². The predicted molar refractivity (Wildman–Crippen MR) is 112 cm³/mol. The molecule has 3 rings (SSSR count). The fourth-order valence-corrected chi connectivity index (χ4v) is 4.22. The number of likely N-dealkylation sites (N-methyl/N-ethyl adjacent to an activating group) is 1. The molecule has 3 aromatic rings. The number of carbonyl (C=O) groups excluding carboxylic acids is 1. The number of anilines is 1. The van der Waals surface area contributed by atoms with E-state index in [1.807, 2.05) is 34.0 Å². The zero-order chi connectivity index (χ0) is 20.4. The second-order valence-electron chi connectivity index (χ2n) is 7.11. The van der Waals surface area contributed by atoms with E-state index in [9.17, 15) is 14.9 Å². The van der Waals surface area contributed by atoms with Crippen molar-refractivity contribution in [1.82, 2.24) is 4.98 Å². The molecule has 1 heterocycles. The maximum atomic E-state index is 13.3. The van der Waals surface area contributed by atoms with Crippen LogP contribution in [0.3, 0.4) is 0 Å². The number of fused-ring (bicyclic) bond motifs is 1. The number of benzene rings is 2. The van der Waals surface area contributed by atoms with Crippen LogP contribution in [0.25, 0.3) is 10.2 Å². The van der Waals surface area contributed by atoms with Gasteiger partial charge in [-0.2, -0.15) is 0 Å². The number of nitrogens with zero attached hydrogens (tertiary/aromatic N) is 3. The number of hydrogen-bond donors (Lipinski definition) is 1. The average molecular weight is 399 g/mol. The van der Waals surface area contributed by atoms with Crippen LogP contribution in [-0.2, 0) is 0 Å². The standard InChI is InChI=1S/C20H22N4O3S/c1-13-11-14(2)18-17(12-13)28-20(21-18)23(10-9-22(3)4)19(25)15-7-5-6-8-16(15)24(26)27/h5-8,11-12H,9-10H2,1-4H3/p+1. The van der Waals surface area contributed by atoms with Gasteiger partial charge in [0.1, 0.15) is 5.56 Å². The van der Waals surface area contributed by atoms with E-state index in [2.05, 4.69) is 6.07 Å². The molecule has 1 amide bonds. The third-order valence-corrected chi connectivity index (χ3v) is 5.49. The Morgan fingerprint density at radius 1 is 1.25 bits per heavy atom. The van der Waals surface area contributed by atoms with Crippen LogP contribution in [0.15, 0.2) is 36.4 Å². The summed E-state index contributed by atoms with van der Waals surface area (Å²) in [4.78, 5) is 31.6. The van der Waals surface area contributed by atoms with Crippen LogP contribution in [0.5, 0.6) is 0 Å². The van der Waals surface area contributed by atoms with Crippen LogP contribution in [0, 0.1) is 24.0 Å². The van der Waals surface area contributed by atoms with E-state index in [-0.39, 0.29) is 11.3 Å². The van der Waals surface area contributed by atoms with Crippen LogP contribution in [0.2, 0.25) is 0 Å². The molecule has 7 nitrogen and oxygen atoms in total. The van der Waals surface area contributed by atoms with Gasteiger partial charge in [0.25, 0.3) is 11.6 Å². The molecule has 0 atom stereocenters. The Balaban J connectivity index is 2.08. The topological polar surface area (TPSA) is 80.8 Å². The third kappa shape index (κ3) is 4.02. The fourth-order valence-electron chi connectivity index (χ4n) is 3.05. The fraction of sp³-hybridized carbons (Fsp3) is 0.300. The molecule has 8 heteroatoms. The monoisotopic (exact) mass is 399 g/mol. The molecule has 146 valence electrons. The van der Waals surface area contributed by atoms with Crippen molar-refractivity contribution in [2.75, 3.05) is 32.1 Å². The molecule has 0 saturated carbocycles. The van der Waals surface area contributed by atoms with Crippen LogP contribution >= 0.6 is 11.3 Å². The Hall–Kier alpha value is -2.84. The second kappa shape index (κ2) is 8.04. The number of nitrogens with one attached hydrogen (secondary N) is 1. The first-order chi connectivity index (χ1) is 13.3. The smallest absolute Gasteiger partial charge is 0.282 e. The van der Waals surface area contributed by atoms with Crippen LogP contribution < -0.4 is 9.80 Å². The number of rotatable bonds is 6. The third-order valence-electron chi connectivity index (χ3n) is 4.46. The molecule has 0 unspecified atom stereocenters. The SMILES string of the molecule is Cc1cc(C)c2nc(N(CC[NH+](C)C)C(=O)c3ccccc3[N+](=O)[O-])sc2c1. The van der Waals surface area contributed by atoms with Gasteiger partial charge in [-0.25, -0.2) is 4.98 Å². The molecule has 0 saturated heterocycles. The number of para-hydroxylation sites is 1. The molecule has 28 heavy (non-hydrogen) atoms. The lowest BCUT2D eigenvalue weighted by Crippen LogP contribution is -3.06. The molecule has 0 aliphatic carbocycles. The van der Waals surface area contributed by atoms with Gasteiger partial charge in [0.05, 0.1) is 42.3 Å². The van der Waals surface area contributed by atoms with E-state index in [0.717, 1.165) is 21.3 Å². The lowest BCUT2D eigenvalue weighted by Gasteiger charge is -2.20. The number of nitro groups is 1. The molecule has 1 N–H and O–H groups in total. The minimum Gasteiger partial charge on any atom is -0.338 e. The molecule has 0 aliphatic rings. The number of quaternary nitrogens is 1. The maximum Gasteiger partial charge on any atom is 0.282 e. The quantitative estimate of drug-likeness (QED) is 0.510. The first-order valence-electron chi connectivity index (χ1n) is 9.00. The van der Waals surface area contributed by atoms with Gasteiger partial charge in [0.15, 0.2) is 5.13 Å². The van der Waals surface area contributed by atoms with Gasteiger partial charge in [-0.3, -0.25) is 19.8 Å². The van der Waals surface area contributed by atoms with Gasteiger partial charge < -0.3 is 4.90 Å². The Morgan fingerprint density at radius 3 is 2.64 bits per heavy atom. The Labute approximate surface area is 167 Å². The van der Waals surface area contributed by atoms with E-state index < -0.39 is 10.8 Å². The normalized spacial score (nSPS) is 11.2. The second-order valence-corrected chi connectivity index (χ2v) is 8.12. The summed E-state index contributed by atoms with van der Waals surface area (Å²) in [6.07, 6.45) is 0. The van der Waals surface area contributed by atoms with Crippen LogP contribution in [-0.4, -0.2) is 43.0 Å². The molecule has 0 radical (unpaired) electrons. The van der Waals surface area contributed by atoms with Gasteiger partial charge in [0.2, 0.25) is 0 Å². The summed E-state index contributed by atoms with van der Waals surface area (Å²) >= 11 is 1.44. The molecule has 0 aliphatic heterocycles. The van der Waals surface area contributed by atoms with E-state index >= 15 is 0 Å². The molecular formula is C20H23N4O3S+. The summed E-state index contributed by atoms with van der Waals surface area (Å²) in [5.74, 6) is -0.401. The highest BCUT2D eigenvalue weighted by Crippen LogP contribution is 2.33. The lowest BCUT2D eigenvalue weighted by atomic mass is 10.1. The molecule has 2 aromatic carbocycles. The zero-order valence-electron chi connectivity index (χ0n) is 16.4. The summed E-state index contributed by atoms with van der Waals surface area (Å²) < 4.78 is 1.00. The summed E-state index contributed by atoms with van der Waals surface area (Å²) in [6.45, 7) is 5.14. The minimum atomic E-state index is -0.519. The van der Waals surface area contributed by atoms with Gasteiger partial charge >= 0.3 is 0 Å². The number of carbonyl (C=O) groups is 1. The minimum absolute atomic E-state index is 0.0772. The summed E-state index contributed by atoms with van der Waals surface area (Å²) in [5.41, 5.74) is 2.93. The van der Waals surface area contributed by atoms with E-state index in [1.165, 1.54) is 28.4 Å². The van der Waals surface area contributed by atoms with Crippen molar-refractivity contribution in [3.05, 3.63) is 63.2 Å². The summed E-state index contributed by atoms with van der Waals surface area (Å²) in [5, 5.41) is 12.0. The lowest BCUT2D eigenvalue weighted by molar-refractivity contribution is -0.856. The van der Waals surface area contributed by atoms with Crippen molar-refractivity contribution in [3.8, 4) is 0 Å². The van der Waals surface area contributed by atoms with E-state index in [1.54, 1.807) is 17.0 Å². The van der Waals surface area contributed by atoms with Gasteiger partial charge in [-0.1, -0.05) is 29.5 Å². The van der Waals surface area contributed by atoms with E-state index in [0.29, 0.717) is 18.2 Å². The number of thiazole rings is 1. The van der Waals surface area contributed by atoms with Crippen LogP contribution in [0.4, 0.5) is 10.8 Å². The average Bonchev–Trinajstić information content (AvgIpc) is 3.05. The number of nitro benzene ring substituents is 1. The van der Waals surface area contributed by atoms with Crippen molar-refractivity contribution in [2.45, 2.75) is 13.8 Å². The molecular weight excluding hydrogens is 376 g/mol. The van der Waals surface area contributed by atoms with Crippen LogP contribution in [0.1, 0.15) is 21.5 Å². The Kier molecular flexibility index (Phi) is 5.71. The Morgan fingerprint density at radius 2 is 1.96 bits per heavy atom. The highest BCUT2D eigenvalue weighted by atomic mass is 32.1. The first kappa shape index (κ1) is 19.9. The van der Waals surface area contributed by atoms with Gasteiger partial charge in [0, 0.05) is 6.07 Å². The highest BCUT2D eigenvalue weighted by molar-refractivity contribution is 7.22. The van der Waals surface area contributed by atoms with Crippen molar-refractivity contribution in [1.29, 1.82) is 0 Å². The maximum absolute atomic E-state index is 13.3. The van der Waals surface area contributed by atoms with Crippen molar-refractivity contribution in [3.63, 3.8) is 0 Å². The predicted octanol–water partition coefficient (Wildman–Crippen LogP) is 2.61. The highest BCUT2D eigenvalue weighted by Gasteiger charge is 2.28. The largest absolute Gasteiger partial charge is 0.338 e. The number of hydrogen-bond acceptors (Lipinski definition) is 5. The molecule has 0 fully saturated rings. The first-order valence-corrected chi connectivity index (χ1v) is 9.81. The van der Waals surface area contributed by atoms with Gasteiger partial charge in [-0.15, -0.1) is 0 Å². The zero-order valence-corrected chi connectivity index (χ0v) is 17.2. The van der Waals surface area contributed by atoms with Crippen molar-refractivity contribution < 1.29 is 14.6 Å². The summed E-state index contributed by atoms with van der Waals surface area (Å²) in [7, 11) is 4.00. The summed E-state index contributed by atoms with van der Waals surface area (Å²) in [6, 6.07) is 10.2. The Bertz CT molecular complexity index is 1050. The number of aromatic nitrogens is 1. The molecule has 0 bridgehead atoms. The number of amides is 1. The van der Waals surface area contributed by atoms with Crippen molar-refractivity contribution >= 4 is 38.3 Å². The molecule has 1 aromatic heterocycles. The van der Waals surface area contributed by atoms with Crippen molar-refractivity contribution in [2.24, 2.45) is 0 Å². The molecule has 0 spiro atoms. The van der Waals surface area contributed by atoms with E-state index in [4.69, 9.17) is 4.98 Å².